The monoisotopic (exact) mass is 488 g/mol. The van der Waals surface area contributed by atoms with Crippen LogP contribution in [-0.4, -0.2) is 4.92 Å². The lowest BCUT2D eigenvalue weighted by Crippen LogP contribution is -2.37. The molecule has 0 spiro atoms. The summed E-state index contributed by atoms with van der Waals surface area (Å²) in [6.07, 6.45) is -0.396. The van der Waals surface area contributed by atoms with E-state index in [0.717, 1.165) is 45.0 Å². The number of hydrogen-bond acceptors (Lipinski definition) is 5. The van der Waals surface area contributed by atoms with Crippen molar-refractivity contribution in [2.75, 3.05) is 5.06 Å². The van der Waals surface area contributed by atoms with E-state index in [1.165, 1.54) is 12.1 Å². The van der Waals surface area contributed by atoms with Crippen LogP contribution in [0, 0.1) is 17.0 Å². The summed E-state index contributed by atoms with van der Waals surface area (Å²) in [5.74, 6) is 1.55. The van der Waals surface area contributed by atoms with E-state index in [1.807, 2.05) is 90.8 Å². The molecule has 6 rings (SSSR count). The number of para-hydroxylation sites is 1. The van der Waals surface area contributed by atoms with Gasteiger partial charge < -0.3 is 4.42 Å². The normalized spacial score (nSPS) is 16.8. The molecule has 1 aromatic heterocycles. The van der Waals surface area contributed by atoms with Crippen molar-refractivity contribution in [3.63, 3.8) is 0 Å². The van der Waals surface area contributed by atoms with Crippen molar-refractivity contribution in [1.82, 2.24) is 0 Å². The molecule has 1 aliphatic rings. The van der Waals surface area contributed by atoms with E-state index in [-0.39, 0.29) is 10.6 Å². The third-order valence-electron chi connectivity index (χ3n) is 6.73. The van der Waals surface area contributed by atoms with Gasteiger partial charge >= 0.3 is 0 Å². The molecule has 6 nitrogen and oxygen atoms in total. The molecule has 2 heterocycles. The first kappa shape index (κ1) is 22.8. The summed E-state index contributed by atoms with van der Waals surface area (Å²) < 4.78 is 6.49. The number of nitrogens with zero attached hydrogens (tertiary/aromatic N) is 2. The van der Waals surface area contributed by atoms with Gasteiger partial charge in [0.25, 0.3) is 5.69 Å². The second-order valence-corrected chi connectivity index (χ2v) is 8.99. The maximum absolute atomic E-state index is 11.4. The summed E-state index contributed by atoms with van der Waals surface area (Å²) in [6.45, 7) is 1.97. The Balaban J connectivity index is 1.63. The number of rotatable bonds is 5. The van der Waals surface area contributed by atoms with Crippen molar-refractivity contribution in [1.29, 1.82) is 0 Å². The van der Waals surface area contributed by atoms with E-state index in [9.17, 15) is 10.1 Å². The number of nitro groups is 1. The summed E-state index contributed by atoms with van der Waals surface area (Å²) in [5, 5.41) is 13.3. The van der Waals surface area contributed by atoms with Crippen molar-refractivity contribution < 1.29 is 14.2 Å². The largest absolute Gasteiger partial charge is 0.461 e. The first-order chi connectivity index (χ1) is 18.1. The van der Waals surface area contributed by atoms with Crippen LogP contribution < -0.4 is 5.06 Å². The molecule has 0 saturated heterocycles. The number of non-ortho nitro benzene ring substituents is 1. The second kappa shape index (κ2) is 9.41. The molecule has 0 amide bonds. The Morgan fingerprint density at radius 2 is 1.32 bits per heavy atom. The Hall–Kier alpha value is -4.68. The van der Waals surface area contributed by atoms with E-state index in [2.05, 4.69) is 12.1 Å². The molecule has 0 saturated carbocycles. The number of furan rings is 1. The van der Waals surface area contributed by atoms with Gasteiger partial charge in [0.15, 0.2) is 0 Å². The topological polar surface area (TPSA) is 68.8 Å². The van der Waals surface area contributed by atoms with Crippen LogP contribution in [0.1, 0.15) is 40.2 Å². The van der Waals surface area contributed by atoms with Gasteiger partial charge in [-0.3, -0.25) is 15.0 Å². The molecule has 2 atom stereocenters. The van der Waals surface area contributed by atoms with Gasteiger partial charge in [-0.1, -0.05) is 78.9 Å². The number of fused-ring (bicyclic) bond motifs is 1. The average molecular weight is 489 g/mol. The van der Waals surface area contributed by atoms with Gasteiger partial charge in [0.1, 0.15) is 23.7 Å². The highest BCUT2D eigenvalue weighted by Gasteiger charge is 2.42. The van der Waals surface area contributed by atoms with Gasteiger partial charge in [-0.2, -0.15) is 0 Å². The molecule has 0 unspecified atom stereocenters. The van der Waals surface area contributed by atoms with Crippen LogP contribution in [0.2, 0.25) is 0 Å². The molecule has 0 N–H and O–H groups in total. The molecule has 0 radical (unpaired) electrons. The fourth-order valence-electron chi connectivity index (χ4n) is 5.04. The van der Waals surface area contributed by atoms with E-state index < -0.39 is 12.1 Å². The van der Waals surface area contributed by atoms with Gasteiger partial charge in [-0.15, -0.1) is 0 Å². The third-order valence-corrected chi connectivity index (χ3v) is 6.73. The zero-order chi connectivity index (χ0) is 25.4. The Morgan fingerprint density at radius 1 is 0.730 bits per heavy atom. The standard InChI is InChI=1S/C31H24N2O4/c1-21-27-28(30(36-21)23-11-5-2-6-12-23)29(22-17-19-26(20-18-22)33(34)35)32(25-15-9-4-10-16-25)37-31(27)24-13-7-3-8-14-24/h2-20,29,31H,1H3/t29-,31+/m0/s1. The highest BCUT2D eigenvalue weighted by molar-refractivity contribution is 5.70. The molecule has 4 aromatic carbocycles. The summed E-state index contributed by atoms with van der Waals surface area (Å²) in [5.41, 5.74) is 5.70. The quantitative estimate of drug-likeness (QED) is 0.187. The van der Waals surface area contributed by atoms with Crippen molar-refractivity contribution >= 4 is 11.4 Å². The minimum absolute atomic E-state index is 0.0424. The Kier molecular flexibility index (Phi) is 5.79. The molecule has 0 bridgehead atoms. The molecular weight excluding hydrogens is 464 g/mol. The number of hydroxylamine groups is 1. The van der Waals surface area contributed by atoms with E-state index in [1.54, 1.807) is 12.1 Å². The summed E-state index contributed by atoms with van der Waals surface area (Å²) in [7, 11) is 0. The predicted octanol–water partition coefficient (Wildman–Crippen LogP) is 7.79. The van der Waals surface area contributed by atoms with Gasteiger partial charge in [0, 0.05) is 28.8 Å². The van der Waals surface area contributed by atoms with Crippen LogP contribution in [0.4, 0.5) is 11.4 Å². The maximum atomic E-state index is 11.4. The Bertz CT molecular complexity index is 1530. The molecule has 182 valence electrons. The highest BCUT2D eigenvalue weighted by Crippen LogP contribution is 2.51. The van der Waals surface area contributed by atoms with Crippen LogP contribution in [0.25, 0.3) is 11.3 Å². The number of anilines is 1. The number of benzene rings is 4. The summed E-state index contributed by atoms with van der Waals surface area (Å²) in [6, 6.07) is 36.3. The number of nitro benzene ring substituents is 1. The lowest BCUT2D eigenvalue weighted by molar-refractivity contribution is -0.384. The molecule has 5 aromatic rings. The lowest BCUT2D eigenvalue weighted by Gasteiger charge is -2.41. The zero-order valence-corrected chi connectivity index (χ0v) is 20.2. The van der Waals surface area contributed by atoms with E-state index >= 15 is 0 Å². The maximum Gasteiger partial charge on any atom is 0.269 e. The van der Waals surface area contributed by atoms with Crippen LogP contribution in [0.5, 0.6) is 0 Å². The van der Waals surface area contributed by atoms with E-state index in [0.29, 0.717) is 0 Å². The Labute approximate surface area is 214 Å². The van der Waals surface area contributed by atoms with Gasteiger partial charge in [-0.05, 0) is 42.3 Å². The van der Waals surface area contributed by atoms with Gasteiger partial charge in [-0.25, -0.2) is 5.06 Å². The summed E-state index contributed by atoms with van der Waals surface area (Å²) >= 11 is 0. The first-order valence-corrected chi connectivity index (χ1v) is 12.1. The van der Waals surface area contributed by atoms with Crippen molar-refractivity contribution in [2.24, 2.45) is 0 Å². The molecule has 1 aliphatic heterocycles. The zero-order valence-electron chi connectivity index (χ0n) is 20.2. The average Bonchev–Trinajstić information content (AvgIpc) is 3.30. The molecular formula is C31H24N2O4. The van der Waals surface area contributed by atoms with Gasteiger partial charge in [0.2, 0.25) is 0 Å². The minimum Gasteiger partial charge on any atom is -0.461 e. The molecule has 6 heteroatoms. The molecule has 37 heavy (non-hydrogen) atoms. The first-order valence-electron chi connectivity index (χ1n) is 12.1. The molecule has 0 fully saturated rings. The number of hydrogen-bond donors (Lipinski definition) is 0. The number of aryl methyl sites for hydroxylation is 1. The lowest BCUT2D eigenvalue weighted by atomic mass is 9.86. The van der Waals surface area contributed by atoms with Crippen LogP contribution in [0.15, 0.2) is 120 Å². The van der Waals surface area contributed by atoms with Crippen molar-refractivity contribution in [2.45, 2.75) is 19.1 Å². The predicted molar refractivity (Wildman–Crippen MR) is 142 cm³/mol. The van der Waals surface area contributed by atoms with Crippen LogP contribution in [0.3, 0.4) is 0 Å². The van der Waals surface area contributed by atoms with Crippen molar-refractivity contribution in [3.8, 4) is 11.3 Å². The smallest absolute Gasteiger partial charge is 0.269 e. The van der Waals surface area contributed by atoms with Gasteiger partial charge in [0.05, 0.1) is 10.6 Å². The second-order valence-electron chi connectivity index (χ2n) is 8.99. The fraction of sp³-hybridized carbons (Fsp3) is 0.0968. The summed E-state index contributed by atoms with van der Waals surface area (Å²) in [4.78, 5) is 17.8. The molecule has 0 aliphatic carbocycles. The fourth-order valence-corrected chi connectivity index (χ4v) is 5.04. The SMILES string of the molecule is Cc1oc(-c2ccccc2)c2c1[C@@H](c1ccccc1)ON(c1ccccc1)[C@H]2c1ccc([N+](=O)[O-])cc1. The van der Waals surface area contributed by atoms with E-state index in [4.69, 9.17) is 9.25 Å². The van der Waals surface area contributed by atoms with Crippen LogP contribution in [-0.2, 0) is 4.84 Å². The highest BCUT2D eigenvalue weighted by atomic mass is 16.7. The Morgan fingerprint density at radius 3 is 1.95 bits per heavy atom. The van der Waals surface area contributed by atoms with Crippen molar-refractivity contribution in [3.05, 3.63) is 153 Å². The third kappa shape index (κ3) is 4.07. The van der Waals surface area contributed by atoms with Crippen LogP contribution >= 0.6 is 0 Å². The minimum atomic E-state index is -0.397.